The van der Waals surface area contributed by atoms with E-state index in [-0.39, 0.29) is 74.2 Å². The number of ether oxygens (including phenoxy) is 4. The first-order valence-corrected chi connectivity index (χ1v) is 13.0. The predicted octanol–water partition coefficient (Wildman–Crippen LogP) is 0.218. The maximum Gasteiger partial charge on any atom is 0.229 e. The summed E-state index contributed by atoms with van der Waals surface area (Å²) >= 11 is 0. The number of carbonyl (C=O) groups excluding carboxylic acids is 5. The summed E-state index contributed by atoms with van der Waals surface area (Å²) in [7, 11) is 0. The zero-order valence-corrected chi connectivity index (χ0v) is 22.4. The van der Waals surface area contributed by atoms with Crippen LogP contribution in [0, 0.1) is 5.92 Å². The minimum absolute atomic E-state index is 0.0273. The molecular formula is C25H43N3O9. The molecule has 0 aromatic rings. The van der Waals surface area contributed by atoms with Gasteiger partial charge < -0.3 is 29.6 Å². The SMILES string of the molecule is CCC(=O)[C@@H](NC(=O)CCOCCOCCOCCOCCNC(=O)CCN1C(=O)CCC1=O)C(C)C. The monoisotopic (exact) mass is 529 g/mol. The minimum Gasteiger partial charge on any atom is -0.379 e. The average Bonchev–Trinajstić information content (AvgIpc) is 3.19. The second kappa shape index (κ2) is 19.7. The molecule has 4 amide bonds. The van der Waals surface area contributed by atoms with E-state index in [0.717, 1.165) is 4.90 Å². The molecule has 1 saturated heterocycles. The highest BCUT2D eigenvalue weighted by atomic mass is 16.6. The Morgan fingerprint density at radius 1 is 0.784 bits per heavy atom. The zero-order valence-electron chi connectivity index (χ0n) is 22.4. The number of Topliss-reactive ketones (excluding diaryl/α,β-unsaturated/α-hetero) is 1. The van der Waals surface area contributed by atoms with Gasteiger partial charge in [0.2, 0.25) is 23.6 Å². The number of hydrogen-bond acceptors (Lipinski definition) is 9. The van der Waals surface area contributed by atoms with Gasteiger partial charge in [0.15, 0.2) is 5.78 Å². The van der Waals surface area contributed by atoms with Gasteiger partial charge in [-0.2, -0.15) is 0 Å². The Morgan fingerprint density at radius 2 is 1.30 bits per heavy atom. The van der Waals surface area contributed by atoms with Gasteiger partial charge in [0.25, 0.3) is 0 Å². The third-order valence-electron chi connectivity index (χ3n) is 5.55. The Morgan fingerprint density at radius 3 is 1.81 bits per heavy atom. The summed E-state index contributed by atoms with van der Waals surface area (Å²) in [6.45, 7) is 8.93. The molecule has 212 valence electrons. The topological polar surface area (TPSA) is 150 Å². The van der Waals surface area contributed by atoms with E-state index in [4.69, 9.17) is 18.9 Å². The Hall–Kier alpha value is -2.41. The van der Waals surface area contributed by atoms with Gasteiger partial charge >= 0.3 is 0 Å². The van der Waals surface area contributed by atoms with Crippen LogP contribution in [-0.2, 0) is 42.9 Å². The number of hydrogen-bond donors (Lipinski definition) is 2. The average molecular weight is 530 g/mol. The van der Waals surface area contributed by atoms with Crippen LogP contribution in [0.2, 0.25) is 0 Å². The van der Waals surface area contributed by atoms with Crippen molar-refractivity contribution in [1.82, 2.24) is 15.5 Å². The Balaban J connectivity index is 1.85. The number of rotatable bonds is 22. The molecule has 1 fully saturated rings. The van der Waals surface area contributed by atoms with Crippen LogP contribution in [0.5, 0.6) is 0 Å². The number of nitrogens with zero attached hydrogens (tertiary/aromatic N) is 1. The van der Waals surface area contributed by atoms with Crippen molar-refractivity contribution in [3.05, 3.63) is 0 Å². The quantitative estimate of drug-likeness (QED) is 0.148. The van der Waals surface area contributed by atoms with E-state index in [1.807, 2.05) is 13.8 Å². The molecule has 2 N–H and O–H groups in total. The van der Waals surface area contributed by atoms with Crippen LogP contribution >= 0.6 is 0 Å². The van der Waals surface area contributed by atoms with Gasteiger partial charge in [-0.05, 0) is 5.92 Å². The van der Waals surface area contributed by atoms with Crippen molar-refractivity contribution in [2.45, 2.75) is 58.9 Å². The number of likely N-dealkylation sites (tertiary alicyclic amines) is 1. The summed E-state index contributed by atoms with van der Waals surface area (Å²) < 4.78 is 21.6. The van der Waals surface area contributed by atoms with Gasteiger partial charge in [0.1, 0.15) is 0 Å². The van der Waals surface area contributed by atoms with Gasteiger partial charge in [-0.1, -0.05) is 20.8 Å². The number of nitrogens with one attached hydrogen (secondary N) is 2. The highest BCUT2D eigenvalue weighted by Crippen LogP contribution is 2.11. The number of ketones is 1. The molecule has 0 aromatic carbocycles. The Labute approximate surface area is 219 Å². The largest absolute Gasteiger partial charge is 0.379 e. The van der Waals surface area contributed by atoms with Crippen molar-refractivity contribution in [3.8, 4) is 0 Å². The number of imide groups is 1. The van der Waals surface area contributed by atoms with E-state index in [1.54, 1.807) is 6.92 Å². The molecule has 1 heterocycles. The van der Waals surface area contributed by atoms with Crippen molar-refractivity contribution in [2.24, 2.45) is 5.92 Å². The molecule has 1 aliphatic heterocycles. The molecule has 37 heavy (non-hydrogen) atoms. The van der Waals surface area contributed by atoms with Crippen molar-refractivity contribution < 1.29 is 42.9 Å². The van der Waals surface area contributed by atoms with Gasteiger partial charge in [-0.15, -0.1) is 0 Å². The molecular weight excluding hydrogens is 486 g/mol. The van der Waals surface area contributed by atoms with Gasteiger partial charge in [-0.25, -0.2) is 0 Å². The third kappa shape index (κ3) is 14.8. The summed E-state index contributed by atoms with van der Waals surface area (Å²) in [5.41, 5.74) is 0. The van der Waals surface area contributed by atoms with E-state index >= 15 is 0 Å². The van der Waals surface area contributed by atoms with E-state index in [2.05, 4.69) is 10.6 Å². The summed E-state index contributed by atoms with van der Waals surface area (Å²) in [5.74, 6) is -0.809. The van der Waals surface area contributed by atoms with Crippen LogP contribution in [-0.4, -0.2) is 106 Å². The number of carbonyl (C=O) groups is 5. The van der Waals surface area contributed by atoms with Crippen molar-refractivity contribution in [1.29, 1.82) is 0 Å². The fourth-order valence-electron chi connectivity index (χ4n) is 3.45. The van der Waals surface area contributed by atoms with E-state index in [1.165, 1.54) is 0 Å². The highest BCUT2D eigenvalue weighted by Gasteiger charge is 2.28. The van der Waals surface area contributed by atoms with E-state index in [9.17, 15) is 24.0 Å². The van der Waals surface area contributed by atoms with Gasteiger partial charge in [0.05, 0.1) is 58.9 Å². The van der Waals surface area contributed by atoms with Crippen LogP contribution < -0.4 is 10.6 Å². The highest BCUT2D eigenvalue weighted by molar-refractivity contribution is 6.02. The second-order valence-electron chi connectivity index (χ2n) is 8.85. The molecule has 12 heteroatoms. The normalized spacial score (nSPS) is 14.3. The lowest BCUT2D eigenvalue weighted by molar-refractivity contribution is -0.138. The molecule has 12 nitrogen and oxygen atoms in total. The van der Waals surface area contributed by atoms with Gasteiger partial charge in [-0.3, -0.25) is 28.9 Å². The van der Waals surface area contributed by atoms with Crippen LogP contribution in [0.4, 0.5) is 0 Å². The van der Waals surface area contributed by atoms with Crippen LogP contribution in [0.15, 0.2) is 0 Å². The molecule has 1 rings (SSSR count). The molecule has 0 unspecified atom stereocenters. The van der Waals surface area contributed by atoms with E-state index in [0.29, 0.717) is 59.2 Å². The Bertz CT molecular complexity index is 714. The fourth-order valence-corrected chi connectivity index (χ4v) is 3.45. The summed E-state index contributed by atoms with van der Waals surface area (Å²) in [6.07, 6.45) is 1.11. The maximum atomic E-state index is 12.0. The summed E-state index contributed by atoms with van der Waals surface area (Å²) in [4.78, 5) is 59.7. The molecule has 0 saturated carbocycles. The molecule has 0 spiro atoms. The van der Waals surface area contributed by atoms with Crippen LogP contribution in [0.25, 0.3) is 0 Å². The molecule has 0 bridgehead atoms. The lowest BCUT2D eigenvalue weighted by atomic mass is 9.98. The van der Waals surface area contributed by atoms with Crippen molar-refractivity contribution in [2.75, 3.05) is 65.9 Å². The zero-order chi connectivity index (χ0) is 27.5. The fraction of sp³-hybridized carbons (Fsp3) is 0.800. The predicted molar refractivity (Wildman–Crippen MR) is 134 cm³/mol. The maximum absolute atomic E-state index is 12.0. The minimum atomic E-state index is -0.454. The standard InChI is InChI=1S/C25H43N3O9/c1-4-20(29)25(19(2)3)27-22(31)8-11-34-13-15-36-17-18-37-16-14-35-12-9-26-21(30)7-10-28-23(32)5-6-24(28)33/h19,25H,4-18H2,1-3H3,(H,26,30)(H,27,31)/t25-/m0/s1. The third-order valence-corrected chi connectivity index (χ3v) is 5.55. The molecule has 1 atom stereocenters. The van der Waals surface area contributed by atoms with Crippen LogP contribution in [0.3, 0.4) is 0 Å². The first-order chi connectivity index (χ1) is 17.8. The molecule has 0 aromatic heterocycles. The summed E-state index contributed by atoms with van der Waals surface area (Å²) in [6, 6.07) is -0.454. The summed E-state index contributed by atoms with van der Waals surface area (Å²) in [5, 5.41) is 5.45. The lowest BCUT2D eigenvalue weighted by Gasteiger charge is -2.20. The van der Waals surface area contributed by atoms with Crippen LogP contribution in [0.1, 0.15) is 52.9 Å². The Kier molecular flexibility index (Phi) is 17.3. The first-order valence-electron chi connectivity index (χ1n) is 13.0. The van der Waals surface area contributed by atoms with Crippen molar-refractivity contribution >= 4 is 29.4 Å². The first kappa shape index (κ1) is 32.6. The lowest BCUT2D eigenvalue weighted by Crippen LogP contribution is -2.44. The number of amides is 4. The molecule has 1 aliphatic rings. The molecule has 0 radical (unpaired) electrons. The second-order valence-corrected chi connectivity index (χ2v) is 8.85. The smallest absolute Gasteiger partial charge is 0.229 e. The van der Waals surface area contributed by atoms with E-state index < -0.39 is 6.04 Å². The van der Waals surface area contributed by atoms with Gasteiger partial charge in [0, 0.05) is 45.2 Å². The van der Waals surface area contributed by atoms with Crippen molar-refractivity contribution in [3.63, 3.8) is 0 Å². The molecule has 0 aliphatic carbocycles.